The third-order valence-electron chi connectivity index (χ3n) is 2.07. The standard InChI is InChI=1S/C12H9ClN2OS/c13-9-3-1-2-4-10(9)16-11-6-5-8(7-15-11)12(14)17/h1-7H,(H2,14,17). The van der Waals surface area contributed by atoms with Crippen molar-refractivity contribution in [2.24, 2.45) is 5.73 Å². The lowest BCUT2D eigenvalue weighted by Crippen LogP contribution is -2.09. The molecule has 2 aromatic rings. The van der Waals surface area contributed by atoms with Gasteiger partial charge in [0, 0.05) is 17.8 Å². The summed E-state index contributed by atoms with van der Waals surface area (Å²) in [6, 6.07) is 10.6. The van der Waals surface area contributed by atoms with Crippen LogP contribution in [0.2, 0.25) is 5.02 Å². The molecular weight excluding hydrogens is 256 g/mol. The van der Waals surface area contributed by atoms with E-state index < -0.39 is 0 Å². The number of aromatic nitrogens is 1. The van der Waals surface area contributed by atoms with Crippen LogP contribution in [0.15, 0.2) is 42.6 Å². The highest BCUT2D eigenvalue weighted by Gasteiger charge is 2.03. The van der Waals surface area contributed by atoms with Crippen LogP contribution in [0.3, 0.4) is 0 Å². The average molecular weight is 265 g/mol. The van der Waals surface area contributed by atoms with E-state index in [2.05, 4.69) is 4.98 Å². The van der Waals surface area contributed by atoms with Gasteiger partial charge in [0.2, 0.25) is 5.88 Å². The molecule has 2 N–H and O–H groups in total. The van der Waals surface area contributed by atoms with E-state index in [1.54, 1.807) is 30.5 Å². The van der Waals surface area contributed by atoms with Crippen molar-refractivity contribution in [3.05, 3.63) is 53.2 Å². The Morgan fingerprint density at radius 2 is 2.00 bits per heavy atom. The maximum atomic E-state index is 5.96. The van der Waals surface area contributed by atoms with Crippen molar-refractivity contribution >= 4 is 28.8 Å². The zero-order valence-corrected chi connectivity index (χ0v) is 10.3. The number of nitrogens with zero attached hydrogens (tertiary/aromatic N) is 1. The summed E-state index contributed by atoms with van der Waals surface area (Å²) in [6.45, 7) is 0. The largest absolute Gasteiger partial charge is 0.437 e. The summed E-state index contributed by atoms with van der Waals surface area (Å²) in [7, 11) is 0. The van der Waals surface area contributed by atoms with Gasteiger partial charge in [-0.3, -0.25) is 0 Å². The van der Waals surface area contributed by atoms with Gasteiger partial charge >= 0.3 is 0 Å². The molecule has 0 radical (unpaired) electrons. The summed E-state index contributed by atoms with van der Waals surface area (Å²) in [5.41, 5.74) is 6.17. The molecule has 0 amide bonds. The summed E-state index contributed by atoms with van der Waals surface area (Å²) < 4.78 is 5.52. The van der Waals surface area contributed by atoms with E-state index in [0.717, 1.165) is 0 Å². The number of halogens is 1. The summed E-state index contributed by atoms with van der Waals surface area (Å²) in [4.78, 5) is 4.40. The number of ether oxygens (including phenoxy) is 1. The zero-order valence-electron chi connectivity index (χ0n) is 8.76. The van der Waals surface area contributed by atoms with Crippen LogP contribution in [0.4, 0.5) is 0 Å². The van der Waals surface area contributed by atoms with Crippen LogP contribution in [0.25, 0.3) is 0 Å². The Labute approximate surface area is 109 Å². The molecule has 86 valence electrons. The number of hydrogen-bond donors (Lipinski definition) is 1. The Bertz CT molecular complexity index is 542. The lowest BCUT2D eigenvalue weighted by atomic mass is 10.3. The molecule has 0 spiro atoms. The van der Waals surface area contributed by atoms with E-state index in [1.165, 1.54) is 0 Å². The van der Waals surface area contributed by atoms with Crippen molar-refractivity contribution in [1.82, 2.24) is 4.98 Å². The first-order chi connectivity index (χ1) is 8.16. The zero-order chi connectivity index (χ0) is 12.3. The van der Waals surface area contributed by atoms with Crippen molar-refractivity contribution in [2.75, 3.05) is 0 Å². The Kier molecular flexibility index (Phi) is 3.56. The number of pyridine rings is 1. The molecule has 0 saturated heterocycles. The third-order valence-corrected chi connectivity index (χ3v) is 2.62. The molecule has 17 heavy (non-hydrogen) atoms. The molecule has 0 unspecified atom stereocenters. The second-order valence-electron chi connectivity index (χ2n) is 3.28. The lowest BCUT2D eigenvalue weighted by molar-refractivity contribution is 0.463. The van der Waals surface area contributed by atoms with Gasteiger partial charge in [0.15, 0.2) is 0 Å². The van der Waals surface area contributed by atoms with Crippen LogP contribution in [0, 0.1) is 0 Å². The molecule has 0 saturated carbocycles. The predicted octanol–water partition coefficient (Wildman–Crippen LogP) is 3.16. The van der Waals surface area contributed by atoms with Crippen molar-refractivity contribution in [2.45, 2.75) is 0 Å². The van der Waals surface area contributed by atoms with Crippen molar-refractivity contribution < 1.29 is 4.74 Å². The van der Waals surface area contributed by atoms with E-state index in [-0.39, 0.29) is 0 Å². The molecular formula is C12H9ClN2OS. The van der Waals surface area contributed by atoms with Gasteiger partial charge in [0.1, 0.15) is 10.7 Å². The SMILES string of the molecule is NC(=S)c1ccc(Oc2ccccc2Cl)nc1. The summed E-state index contributed by atoms with van der Waals surface area (Å²) in [6.07, 6.45) is 1.56. The van der Waals surface area contributed by atoms with Gasteiger partial charge in [-0.2, -0.15) is 0 Å². The first kappa shape index (κ1) is 11.8. The fourth-order valence-electron chi connectivity index (χ4n) is 1.23. The first-order valence-corrected chi connectivity index (χ1v) is 5.63. The Morgan fingerprint density at radius 3 is 2.59 bits per heavy atom. The molecule has 5 heteroatoms. The van der Waals surface area contributed by atoms with Crippen LogP contribution in [0.1, 0.15) is 5.56 Å². The average Bonchev–Trinajstić information content (AvgIpc) is 2.33. The third kappa shape index (κ3) is 2.93. The van der Waals surface area contributed by atoms with E-state index in [1.807, 2.05) is 12.1 Å². The first-order valence-electron chi connectivity index (χ1n) is 4.85. The van der Waals surface area contributed by atoms with Gasteiger partial charge in [0.25, 0.3) is 0 Å². The van der Waals surface area contributed by atoms with Gasteiger partial charge in [-0.15, -0.1) is 0 Å². The summed E-state index contributed by atoms with van der Waals surface area (Å²) in [5.74, 6) is 1.00. The number of hydrogen-bond acceptors (Lipinski definition) is 3. The molecule has 1 aromatic heterocycles. The van der Waals surface area contributed by atoms with E-state index in [9.17, 15) is 0 Å². The molecule has 0 fully saturated rings. The minimum absolute atomic E-state index is 0.307. The van der Waals surface area contributed by atoms with Gasteiger partial charge in [-0.25, -0.2) is 4.98 Å². The molecule has 0 aliphatic carbocycles. The van der Waals surface area contributed by atoms with Crippen LogP contribution in [-0.4, -0.2) is 9.97 Å². The number of benzene rings is 1. The topological polar surface area (TPSA) is 48.1 Å². The van der Waals surface area contributed by atoms with Gasteiger partial charge in [-0.1, -0.05) is 36.0 Å². The maximum Gasteiger partial charge on any atom is 0.219 e. The molecule has 2 rings (SSSR count). The molecule has 1 aromatic carbocycles. The minimum Gasteiger partial charge on any atom is -0.437 e. The van der Waals surface area contributed by atoms with E-state index in [4.69, 9.17) is 34.3 Å². The fraction of sp³-hybridized carbons (Fsp3) is 0. The van der Waals surface area contributed by atoms with E-state index >= 15 is 0 Å². The fourth-order valence-corrected chi connectivity index (χ4v) is 1.52. The lowest BCUT2D eigenvalue weighted by Gasteiger charge is -2.06. The van der Waals surface area contributed by atoms with Crippen LogP contribution < -0.4 is 10.5 Å². The Hall–Kier alpha value is -1.65. The monoisotopic (exact) mass is 264 g/mol. The number of para-hydroxylation sites is 1. The summed E-state index contributed by atoms with van der Waals surface area (Å²) in [5, 5.41) is 0.535. The van der Waals surface area contributed by atoms with Crippen LogP contribution in [0.5, 0.6) is 11.6 Å². The highest BCUT2D eigenvalue weighted by Crippen LogP contribution is 2.27. The maximum absolute atomic E-state index is 5.96. The highest BCUT2D eigenvalue weighted by molar-refractivity contribution is 7.80. The number of thiocarbonyl (C=S) groups is 1. The van der Waals surface area contributed by atoms with Crippen molar-refractivity contribution in [3.8, 4) is 11.6 Å². The van der Waals surface area contributed by atoms with Gasteiger partial charge in [0.05, 0.1) is 5.02 Å². The Morgan fingerprint density at radius 1 is 1.24 bits per heavy atom. The highest BCUT2D eigenvalue weighted by atomic mass is 35.5. The van der Waals surface area contributed by atoms with Crippen molar-refractivity contribution in [3.63, 3.8) is 0 Å². The minimum atomic E-state index is 0.307. The van der Waals surface area contributed by atoms with Gasteiger partial charge in [-0.05, 0) is 18.2 Å². The van der Waals surface area contributed by atoms with Crippen LogP contribution >= 0.6 is 23.8 Å². The molecule has 0 aliphatic heterocycles. The summed E-state index contributed by atoms with van der Waals surface area (Å²) >= 11 is 10.8. The molecule has 3 nitrogen and oxygen atoms in total. The van der Waals surface area contributed by atoms with Crippen molar-refractivity contribution in [1.29, 1.82) is 0 Å². The molecule has 0 atom stereocenters. The van der Waals surface area contributed by atoms with E-state index in [0.29, 0.717) is 27.2 Å². The number of nitrogens with two attached hydrogens (primary N) is 1. The quantitative estimate of drug-likeness (QED) is 0.865. The predicted molar refractivity (Wildman–Crippen MR) is 71.7 cm³/mol. The molecule has 0 aliphatic rings. The smallest absolute Gasteiger partial charge is 0.219 e. The van der Waals surface area contributed by atoms with Crippen LogP contribution in [-0.2, 0) is 0 Å². The second-order valence-corrected chi connectivity index (χ2v) is 4.13. The Balaban J connectivity index is 2.20. The molecule has 0 bridgehead atoms. The molecule has 1 heterocycles. The second kappa shape index (κ2) is 5.12. The van der Waals surface area contributed by atoms with Gasteiger partial charge < -0.3 is 10.5 Å². The number of rotatable bonds is 3. The normalized spacial score (nSPS) is 9.94.